The third-order valence-electron chi connectivity index (χ3n) is 5.32. The van der Waals surface area contributed by atoms with Crippen molar-refractivity contribution in [1.82, 2.24) is 10.6 Å². The Morgan fingerprint density at radius 3 is 2.20 bits per heavy atom. The second-order valence-corrected chi connectivity index (χ2v) is 10.5. The first-order valence-corrected chi connectivity index (χ1v) is 11.3. The van der Waals surface area contributed by atoms with Gasteiger partial charge in [-0.05, 0) is 63.7 Å². The molecule has 1 aliphatic carbocycles. The Hall–Kier alpha value is -0.0500. The van der Waals surface area contributed by atoms with E-state index in [0.29, 0.717) is 30.1 Å². The summed E-state index contributed by atoms with van der Waals surface area (Å²) in [6, 6.07) is 0.799. The quantitative estimate of drug-likeness (QED) is 0.357. The number of sulfone groups is 1. The minimum Gasteiger partial charge on any atom is -0.354 e. The van der Waals surface area contributed by atoms with Crippen LogP contribution in [-0.4, -0.2) is 44.5 Å². The average Bonchev–Trinajstić information content (AvgIpc) is 2.84. The third kappa shape index (κ3) is 8.01. The van der Waals surface area contributed by atoms with Crippen molar-refractivity contribution >= 4 is 39.8 Å². The van der Waals surface area contributed by atoms with Crippen LogP contribution >= 0.6 is 24.0 Å². The molecule has 1 heterocycles. The molecule has 25 heavy (non-hydrogen) atoms. The molecule has 0 bridgehead atoms. The van der Waals surface area contributed by atoms with Crippen molar-refractivity contribution in [2.24, 2.45) is 22.7 Å². The molecular weight excluding hydrogens is 449 g/mol. The summed E-state index contributed by atoms with van der Waals surface area (Å²) in [5.41, 5.74) is 0. The van der Waals surface area contributed by atoms with Crippen LogP contribution in [0.5, 0.6) is 0 Å². The van der Waals surface area contributed by atoms with E-state index in [2.05, 4.69) is 43.3 Å². The summed E-state index contributed by atoms with van der Waals surface area (Å²) in [5.74, 6) is 3.28. The van der Waals surface area contributed by atoms with E-state index in [1.54, 1.807) is 0 Å². The van der Waals surface area contributed by atoms with Crippen molar-refractivity contribution in [3.63, 3.8) is 0 Å². The fraction of sp³-hybridized carbons (Fsp3) is 0.944. The van der Waals surface area contributed by atoms with E-state index in [1.165, 1.54) is 25.7 Å². The fourth-order valence-corrected chi connectivity index (χ4v) is 5.62. The molecule has 148 valence electrons. The fourth-order valence-electron chi connectivity index (χ4n) is 3.77. The first-order chi connectivity index (χ1) is 11.2. The van der Waals surface area contributed by atoms with Crippen LogP contribution < -0.4 is 10.6 Å². The van der Waals surface area contributed by atoms with Crippen LogP contribution in [0, 0.1) is 17.8 Å². The number of nitrogens with one attached hydrogen (secondary N) is 2. The van der Waals surface area contributed by atoms with E-state index >= 15 is 0 Å². The third-order valence-corrected chi connectivity index (χ3v) is 7.15. The van der Waals surface area contributed by atoms with Crippen LogP contribution in [-0.2, 0) is 9.84 Å². The van der Waals surface area contributed by atoms with Gasteiger partial charge in [-0.3, -0.25) is 4.99 Å². The Morgan fingerprint density at radius 2 is 1.72 bits per heavy atom. The molecule has 2 N–H and O–H groups in total. The van der Waals surface area contributed by atoms with Gasteiger partial charge in [-0.25, -0.2) is 8.42 Å². The van der Waals surface area contributed by atoms with Gasteiger partial charge in [-0.1, -0.05) is 13.8 Å². The molecule has 5 nitrogen and oxygen atoms in total. The van der Waals surface area contributed by atoms with Crippen LogP contribution in [0.15, 0.2) is 4.99 Å². The maximum absolute atomic E-state index is 11.6. The molecular formula is C18H36IN3O2S. The lowest BCUT2D eigenvalue weighted by atomic mass is 9.80. The Morgan fingerprint density at radius 1 is 1.08 bits per heavy atom. The monoisotopic (exact) mass is 485 g/mol. The molecule has 2 aliphatic rings. The number of rotatable bonds is 5. The van der Waals surface area contributed by atoms with Crippen molar-refractivity contribution in [1.29, 1.82) is 0 Å². The summed E-state index contributed by atoms with van der Waals surface area (Å²) in [4.78, 5) is 4.69. The number of guanidine groups is 1. The number of nitrogens with zero attached hydrogens (tertiary/aromatic N) is 1. The average molecular weight is 485 g/mol. The number of aliphatic imine (C=N–C) groups is 1. The highest BCUT2D eigenvalue weighted by Crippen LogP contribution is 2.29. The SMILES string of the molecule is CC(C)NC(=NCC1CCS(=O)(=O)C1)NC1CCC(C(C)C)CC1.I. The Bertz CT molecular complexity index is 526. The molecule has 2 rings (SSSR count). The highest BCUT2D eigenvalue weighted by atomic mass is 127. The zero-order valence-electron chi connectivity index (χ0n) is 16.1. The largest absolute Gasteiger partial charge is 0.354 e. The molecule has 0 aromatic carbocycles. The summed E-state index contributed by atoms with van der Waals surface area (Å²) in [6.07, 6.45) is 5.70. The lowest BCUT2D eigenvalue weighted by Gasteiger charge is -2.32. The van der Waals surface area contributed by atoms with Crippen LogP contribution in [0.3, 0.4) is 0 Å². The molecule has 1 aliphatic heterocycles. The van der Waals surface area contributed by atoms with Gasteiger partial charge in [0.2, 0.25) is 0 Å². The molecule has 2 fully saturated rings. The van der Waals surface area contributed by atoms with E-state index < -0.39 is 9.84 Å². The van der Waals surface area contributed by atoms with Gasteiger partial charge in [0.15, 0.2) is 15.8 Å². The smallest absolute Gasteiger partial charge is 0.191 e. The van der Waals surface area contributed by atoms with Crippen molar-refractivity contribution in [3.05, 3.63) is 0 Å². The maximum atomic E-state index is 11.6. The van der Waals surface area contributed by atoms with E-state index in [-0.39, 0.29) is 29.9 Å². The van der Waals surface area contributed by atoms with Gasteiger partial charge >= 0.3 is 0 Å². The number of halogens is 1. The predicted octanol–water partition coefficient (Wildman–Crippen LogP) is 3.20. The van der Waals surface area contributed by atoms with Gasteiger partial charge < -0.3 is 10.6 Å². The molecule has 1 atom stereocenters. The lowest BCUT2D eigenvalue weighted by molar-refractivity contribution is 0.250. The minimum atomic E-state index is -2.82. The highest BCUT2D eigenvalue weighted by Gasteiger charge is 2.28. The summed E-state index contributed by atoms with van der Waals surface area (Å²) in [6.45, 7) is 9.45. The van der Waals surface area contributed by atoms with Crippen molar-refractivity contribution in [2.45, 2.75) is 71.9 Å². The summed E-state index contributed by atoms with van der Waals surface area (Å²) < 4.78 is 23.2. The van der Waals surface area contributed by atoms with E-state index in [4.69, 9.17) is 0 Å². The van der Waals surface area contributed by atoms with Crippen molar-refractivity contribution in [2.75, 3.05) is 18.1 Å². The normalized spacial score (nSPS) is 29.5. The minimum absolute atomic E-state index is 0. The van der Waals surface area contributed by atoms with Crippen LogP contribution in [0.2, 0.25) is 0 Å². The number of hydrogen-bond donors (Lipinski definition) is 2. The molecule has 0 radical (unpaired) electrons. The van der Waals surface area contributed by atoms with Gasteiger partial charge in [0.05, 0.1) is 11.5 Å². The first-order valence-electron chi connectivity index (χ1n) is 9.53. The zero-order valence-corrected chi connectivity index (χ0v) is 19.3. The van der Waals surface area contributed by atoms with E-state index in [1.807, 2.05) is 0 Å². The number of hydrogen-bond acceptors (Lipinski definition) is 3. The summed E-state index contributed by atoms with van der Waals surface area (Å²) in [5, 5.41) is 6.98. The van der Waals surface area contributed by atoms with Crippen LogP contribution in [0.1, 0.15) is 59.8 Å². The molecule has 7 heteroatoms. The van der Waals surface area contributed by atoms with Gasteiger partial charge in [0, 0.05) is 18.6 Å². The van der Waals surface area contributed by atoms with Crippen LogP contribution in [0.4, 0.5) is 0 Å². The molecule has 0 aromatic rings. The predicted molar refractivity (Wildman–Crippen MR) is 116 cm³/mol. The van der Waals surface area contributed by atoms with E-state index in [9.17, 15) is 8.42 Å². The van der Waals surface area contributed by atoms with Gasteiger partial charge in [0.25, 0.3) is 0 Å². The Kier molecular flexibility index (Phi) is 9.50. The molecule has 1 saturated heterocycles. The molecule has 0 amide bonds. The lowest BCUT2D eigenvalue weighted by Crippen LogP contribution is -2.47. The van der Waals surface area contributed by atoms with Crippen molar-refractivity contribution < 1.29 is 8.42 Å². The Balaban J connectivity index is 0.00000312. The Labute approximate surface area is 171 Å². The standard InChI is InChI=1S/C18H35N3O2S.HI/c1-13(2)16-5-7-17(8-6-16)21-18(20-14(3)4)19-11-15-9-10-24(22,23)12-15;/h13-17H,5-12H2,1-4H3,(H2,19,20,21);1H. The molecule has 0 aromatic heterocycles. The van der Waals surface area contributed by atoms with Crippen molar-refractivity contribution in [3.8, 4) is 0 Å². The molecule has 1 unspecified atom stereocenters. The van der Waals surface area contributed by atoms with Crippen LogP contribution in [0.25, 0.3) is 0 Å². The van der Waals surface area contributed by atoms with Gasteiger partial charge in [-0.2, -0.15) is 0 Å². The van der Waals surface area contributed by atoms with E-state index in [0.717, 1.165) is 24.2 Å². The second-order valence-electron chi connectivity index (χ2n) is 8.26. The molecule has 1 saturated carbocycles. The summed E-state index contributed by atoms with van der Waals surface area (Å²) in [7, 11) is -2.82. The van der Waals surface area contributed by atoms with Gasteiger partial charge in [0.1, 0.15) is 0 Å². The summed E-state index contributed by atoms with van der Waals surface area (Å²) >= 11 is 0. The topological polar surface area (TPSA) is 70.6 Å². The van der Waals surface area contributed by atoms with Gasteiger partial charge in [-0.15, -0.1) is 24.0 Å². The second kappa shape index (κ2) is 10.3. The zero-order chi connectivity index (χ0) is 17.7. The maximum Gasteiger partial charge on any atom is 0.191 e. The first kappa shape index (κ1) is 23.0. The highest BCUT2D eigenvalue weighted by molar-refractivity contribution is 14.0. The molecule has 0 spiro atoms.